The Bertz CT molecular complexity index is 880. The van der Waals surface area contributed by atoms with Crippen molar-refractivity contribution in [2.75, 3.05) is 20.8 Å². The van der Waals surface area contributed by atoms with Crippen LogP contribution in [-0.4, -0.2) is 26.6 Å². The second-order valence-electron chi connectivity index (χ2n) is 7.46. The number of rotatable bonds is 7. The zero-order valence-electron chi connectivity index (χ0n) is 17.1. The van der Waals surface area contributed by atoms with Crippen molar-refractivity contribution in [3.63, 3.8) is 0 Å². The van der Waals surface area contributed by atoms with Gasteiger partial charge in [-0.25, -0.2) is 0 Å². The lowest BCUT2D eigenvalue weighted by atomic mass is 9.86. The summed E-state index contributed by atoms with van der Waals surface area (Å²) in [6.07, 6.45) is 4.50. The fourth-order valence-electron chi connectivity index (χ4n) is 3.32. The maximum Gasteiger partial charge on any atom is 0.189 e. The fourth-order valence-corrected chi connectivity index (χ4v) is 3.32. The van der Waals surface area contributed by atoms with Gasteiger partial charge in [0.05, 0.1) is 20.8 Å². The molecule has 2 aromatic carbocycles. The second kappa shape index (κ2) is 8.96. The van der Waals surface area contributed by atoms with E-state index in [0.29, 0.717) is 24.7 Å². The Morgan fingerprint density at radius 3 is 2.54 bits per heavy atom. The van der Waals surface area contributed by atoms with E-state index in [9.17, 15) is 4.79 Å². The van der Waals surface area contributed by atoms with Crippen LogP contribution in [0.15, 0.2) is 42.0 Å². The van der Waals surface area contributed by atoms with E-state index in [4.69, 9.17) is 14.2 Å². The molecule has 1 aliphatic rings. The van der Waals surface area contributed by atoms with Gasteiger partial charge in [-0.1, -0.05) is 19.9 Å². The monoisotopic (exact) mass is 380 g/mol. The van der Waals surface area contributed by atoms with E-state index in [0.717, 1.165) is 46.6 Å². The average molecular weight is 380 g/mol. The third-order valence-corrected chi connectivity index (χ3v) is 4.99. The van der Waals surface area contributed by atoms with Crippen LogP contribution in [-0.2, 0) is 6.42 Å². The first-order chi connectivity index (χ1) is 13.5. The van der Waals surface area contributed by atoms with Crippen molar-refractivity contribution >= 4 is 11.9 Å². The third kappa shape index (κ3) is 4.56. The van der Waals surface area contributed by atoms with Crippen LogP contribution in [0.1, 0.15) is 48.2 Å². The Labute approximate surface area is 167 Å². The van der Waals surface area contributed by atoms with Gasteiger partial charge in [0, 0.05) is 11.1 Å². The van der Waals surface area contributed by atoms with E-state index in [1.807, 2.05) is 42.5 Å². The van der Waals surface area contributed by atoms with Gasteiger partial charge in [-0.3, -0.25) is 4.79 Å². The molecule has 0 saturated carbocycles. The highest BCUT2D eigenvalue weighted by Crippen LogP contribution is 2.32. The summed E-state index contributed by atoms with van der Waals surface area (Å²) < 4.78 is 16.6. The lowest BCUT2D eigenvalue weighted by molar-refractivity contribution is 0.102. The Morgan fingerprint density at radius 1 is 1.00 bits per heavy atom. The molecule has 148 valence electrons. The molecule has 0 saturated heterocycles. The summed E-state index contributed by atoms with van der Waals surface area (Å²) in [5.74, 6) is 2.89. The Morgan fingerprint density at radius 2 is 1.82 bits per heavy atom. The van der Waals surface area contributed by atoms with E-state index >= 15 is 0 Å². The van der Waals surface area contributed by atoms with Gasteiger partial charge < -0.3 is 14.2 Å². The summed E-state index contributed by atoms with van der Waals surface area (Å²) in [6, 6.07) is 11.5. The predicted molar refractivity (Wildman–Crippen MR) is 112 cm³/mol. The number of methoxy groups -OCH3 is 2. The van der Waals surface area contributed by atoms with E-state index in [1.54, 1.807) is 14.2 Å². The number of hydrogen-bond donors (Lipinski definition) is 0. The van der Waals surface area contributed by atoms with Gasteiger partial charge in [0.25, 0.3) is 0 Å². The number of carbonyl (C=O) groups excluding carboxylic acids is 1. The van der Waals surface area contributed by atoms with Crippen molar-refractivity contribution in [1.82, 2.24) is 0 Å². The molecule has 28 heavy (non-hydrogen) atoms. The summed E-state index contributed by atoms with van der Waals surface area (Å²) in [7, 11) is 3.28. The molecule has 0 spiro atoms. The molecule has 0 bridgehead atoms. The molecule has 4 heteroatoms. The minimum atomic E-state index is 0.0835. The molecule has 0 fully saturated rings. The van der Waals surface area contributed by atoms with E-state index in [-0.39, 0.29) is 5.78 Å². The van der Waals surface area contributed by atoms with Crippen LogP contribution in [0.3, 0.4) is 0 Å². The number of fused-ring (bicyclic) bond motifs is 1. The minimum Gasteiger partial charge on any atom is -0.497 e. The van der Waals surface area contributed by atoms with Crippen molar-refractivity contribution in [1.29, 1.82) is 0 Å². The maximum absolute atomic E-state index is 12.9. The van der Waals surface area contributed by atoms with Crippen LogP contribution < -0.4 is 14.2 Å². The molecule has 0 radical (unpaired) electrons. The van der Waals surface area contributed by atoms with Gasteiger partial charge in [-0.2, -0.15) is 0 Å². The molecule has 2 aromatic rings. The normalized spacial score (nSPS) is 14.9. The standard InChI is InChI=1S/C24H28O4/c1-16(2)11-12-28-22-10-5-17(14-23(22)27-4)13-19-7-6-18-15-20(26-3)8-9-21(18)24(19)25/h5,8-10,13-16H,6-7,11-12H2,1-4H3/b19-13+. The van der Waals surface area contributed by atoms with Gasteiger partial charge in [-0.05, 0) is 72.7 Å². The molecule has 0 amide bonds. The number of hydrogen-bond acceptors (Lipinski definition) is 4. The summed E-state index contributed by atoms with van der Waals surface area (Å²) in [5.41, 5.74) is 3.56. The van der Waals surface area contributed by atoms with Gasteiger partial charge in [-0.15, -0.1) is 0 Å². The van der Waals surface area contributed by atoms with Crippen molar-refractivity contribution < 1.29 is 19.0 Å². The van der Waals surface area contributed by atoms with Crippen LogP contribution in [0.25, 0.3) is 6.08 Å². The fraction of sp³-hybridized carbons (Fsp3) is 0.375. The Kier molecular flexibility index (Phi) is 6.40. The lowest BCUT2D eigenvalue weighted by Crippen LogP contribution is -2.14. The maximum atomic E-state index is 12.9. The van der Waals surface area contributed by atoms with Crippen LogP contribution >= 0.6 is 0 Å². The molecule has 0 unspecified atom stereocenters. The van der Waals surface area contributed by atoms with Gasteiger partial charge >= 0.3 is 0 Å². The van der Waals surface area contributed by atoms with Crippen molar-refractivity contribution in [2.24, 2.45) is 5.92 Å². The summed E-state index contributed by atoms with van der Waals surface area (Å²) in [5, 5.41) is 0. The van der Waals surface area contributed by atoms with Gasteiger partial charge in [0.15, 0.2) is 17.3 Å². The average Bonchev–Trinajstić information content (AvgIpc) is 2.70. The largest absolute Gasteiger partial charge is 0.497 e. The molecule has 0 atom stereocenters. The number of benzene rings is 2. The highest BCUT2D eigenvalue weighted by Gasteiger charge is 2.22. The number of allylic oxidation sites excluding steroid dienone is 1. The number of ether oxygens (including phenoxy) is 3. The molecule has 0 aliphatic heterocycles. The quantitative estimate of drug-likeness (QED) is 0.608. The summed E-state index contributed by atoms with van der Waals surface area (Å²) in [4.78, 5) is 12.9. The van der Waals surface area contributed by atoms with Crippen LogP contribution in [0.5, 0.6) is 17.2 Å². The van der Waals surface area contributed by atoms with E-state index in [1.165, 1.54) is 0 Å². The predicted octanol–water partition coefficient (Wildman–Crippen LogP) is 5.34. The number of ketones is 1. The number of aryl methyl sites for hydroxylation is 1. The van der Waals surface area contributed by atoms with Crippen molar-refractivity contribution in [3.8, 4) is 17.2 Å². The molecule has 0 aromatic heterocycles. The molecule has 0 N–H and O–H groups in total. The third-order valence-electron chi connectivity index (χ3n) is 4.99. The highest BCUT2D eigenvalue weighted by atomic mass is 16.5. The van der Waals surface area contributed by atoms with Crippen LogP contribution in [0.2, 0.25) is 0 Å². The smallest absolute Gasteiger partial charge is 0.189 e. The first kappa shape index (κ1) is 20.0. The first-order valence-electron chi connectivity index (χ1n) is 9.75. The summed E-state index contributed by atoms with van der Waals surface area (Å²) in [6.45, 7) is 5.00. The second-order valence-corrected chi connectivity index (χ2v) is 7.46. The topological polar surface area (TPSA) is 44.8 Å². The molecular formula is C24H28O4. The Hall–Kier alpha value is -2.75. The van der Waals surface area contributed by atoms with Crippen molar-refractivity contribution in [2.45, 2.75) is 33.1 Å². The highest BCUT2D eigenvalue weighted by molar-refractivity contribution is 6.13. The van der Waals surface area contributed by atoms with Gasteiger partial charge in [0.2, 0.25) is 0 Å². The minimum absolute atomic E-state index is 0.0835. The van der Waals surface area contributed by atoms with E-state index < -0.39 is 0 Å². The molecular weight excluding hydrogens is 352 g/mol. The van der Waals surface area contributed by atoms with Crippen LogP contribution in [0.4, 0.5) is 0 Å². The van der Waals surface area contributed by atoms with Gasteiger partial charge in [0.1, 0.15) is 5.75 Å². The zero-order chi connectivity index (χ0) is 20.1. The first-order valence-corrected chi connectivity index (χ1v) is 9.75. The molecule has 1 aliphatic carbocycles. The molecule has 0 heterocycles. The molecule has 3 rings (SSSR count). The molecule has 4 nitrogen and oxygen atoms in total. The van der Waals surface area contributed by atoms with E-state index in [2.05, 4.69) is 13.8 Å². The van der Waals surface area contributed by atoms with Crippen LogP contribution in [0, 0.1) is 5.92 Å². The van der Waals surface area contributed by atoms with Crippen molar-refractivity contribution in [3.05, 3.63) is 58.7 Å². The number of Topliss-reactive ketones (excluding diaryl/α,β-unsaturated/α-hetero) is 1. The SMILES string of the molecule is COc1ccc2c(c1)CC/C(=C\c1ccc(OCCC(C)C)c(OC)c1)C2=O. The number of carbonyl (C=O) groups is 1. The lowest BCUT2D eigenvalue weighted by Gasteiger charge is -2.18. The summed E-state index contributed by atoms with van der Waals surface area (Å²) >= 11 is 0. The Balaban J connectivity index is 1.80. The zero-order valence-corrected chi connectivity index (χ0v) is 17.1.